The SMILES string of the molecule is Cc1nn(CCC(N)=S)c2[nH]c(=O)cc(C(F)(F)F)c12. The van der Waals surface area contributed by atoms with Gasteiger partial charge < -0.3 is 10.7 Å². The van der Waals surface area contributed by atoms with E-state index < -0.39 is 17.3 Å². The molecule has 0 atom stereocenters. The second kappa shape index (κ2) is 4.89. The number of fused-ring (bicyclic) bond motifs is 1. The molecule has 0 aliphatic carbocycles. The Morgan fingerprint density at radius 2 is 2.20 bits per heavy atom. The fourth-order valence-corrected chi connectivity index (χ4v) is 2.08. The van der Waals surface area contributed by atoms with Crippen LogP contribution in [-0.2, 0) is 12.7 Å². The van der Waals surface area contributed by atoms with Gasteiger partial charge in [0.25, 0.3) is 0 Å². The number of thiocarbonyl (C=S) groups is 1. The van der Waals surface area contributed by atoms with E-state index in [1.54, 1.807) is 0 Å². The number of hydrogen-bond donors (Lipinski definition) is 2. The molecule has 3 N–H and O–H groups in total. The molecule has 0 aliphatic heterocycles. The second-order valence-corrected chi connectivity index (χ2v) is 4.82. The summed E-state index contributed by atoms with van der Waals surface area (Å²) in [6.07, 6.45) is -4.34. The smallest absolute Gasteiger partial charge is 0.393 e. The van der Waals surface area contributed by atoms with Crippen LogP contribution in [-0.4, -0.2) is 19.8 Å². The topological polar surface area (TPSA) is 76.7 Å². The van der Waals surface area contributed by atoms with Crippen molar-refractivity contribution in [2.45, 2.75) is 26.1 Å². The molecule has 2 aromatic heterocycles. The van der Waals surface area contributed by atoms with Gasteiger partial charge in [0.15, 0.2) is 0 Å². The van der Waals surface area contributed by atoms with E-state index in [1.165, 1.54) is 11.6 Å². The lowest BCUT2D eigenvalue weighted by molar-refractivity contribution is -0.136. The first-order chi connectivity index (χ1) is 9.20. The number of aromatic nitrogens is 3. The molecule has 0 aliphatic rings. The van der Waals surface area contributed by atoms with Crippen LogP contribution in [0.4, 0.5) is 13.2 Å². The van der Waals surface area contributed by atoms with Crippen LogP contribution < -0.4 is 11.3 Å². The van der Waals surface area contributed by atoms with E-state index in [2.05, 4.69) is 10.1 Å². The molecule has 0 bridgehead atoms. The molecule has 0 saturated carbocycles. The summed E-state index contributed by atoms with van der Waals surface area (Å²) in [4.78, 5) is 14.0. The maximum absolute atomic E-state index is 13.0. The first kappa shape index (κ1) is 14.5. The average molecular weight is 304 g/mol. The standard InChI is InChI=1S/C11H11F3N4OS/c1-5-9-6(11(12,13)14)4-8(19)16-10(9)18(17-5)3-2-7(15)20/h4H,2-3H2,1H3,(H2,15,20)(H,16,19). The highest BCUT2D eigenvalue weighted by molar-refractivity contribution is 7.80. The summed E-state index contributed by atoms with van der Waals surface area (Å²) < 4.78 is 40.2. The van der Waals surface area contributed by atoms with E-state index in [9.17, 15) is 18.0 Å². The lowest BCUT2D eigenvalue weighted by Crippen LogP contribution is -2.16. The molecule has 9 heteroatoms. The van der Waals surface area contributed by atoms with Gasteiger partial charge in [-0.15, -0.1) is 0 Å². The van der Waals surface area contributed by atoms with Crippen molar-refractivity contribution in [1.82, 2.24) is 14.8 Å². The van der Waals surface area contributed by atoms with Crippen molar-refractivity contribution in [2.24, 2.45) is 5.73 Å². The Balaban J connectivity index is 2.68. The Kier molecular flexibility index (Phi) is 3.55. The highest BCUT2D eigenvalue weighted by Gasteiger charge is 2.35. The zero-order valence-corrected chi connectivity index (χ0v) is 11.2. The van der Waals surface area contributed by atoms with Crippen LogP contribution in [0.3, 0.4) is 0 Å². The van der Waals surface area contributed by atoms with Gasteiger partial charge in [0.2, 0.25) is 5.56 Å². The van der Waals surface area contributed by atoms with Crippen LogP contribution in [0.1, 0.15) is 17.7 Å². The van der Waals surface area contributed by atoms with Crippen LogP contribution in [0.2, 0.25) is 0 Å². The van der Waals surface area contributed by atoms with E-state index in [-0.39, 0.29) is 34.7 Å². The predicted molar refractivity (Wildman–Crippen MR) is 71.5 cm³/mol. The van der Waals surface area contributed by atoms with Gasteiger partial charge in [0.1, 0.15) is 5.65 Å². The van der Waals surface area contributed by atoms with Crippen LogP contribution in [0.5, 0.6) is 0 Å². The zero-order valence-electron chi connectivity index (χ0n) is 10.4. The zero-order chi connectivity index (χ0) is 15.1. The highest BCUT2D eigenvalue weighted by Crippen LogP contribution is 2.34. The number of pyridine rings is 1. The molecule has 108 valence electrons. The largest absolute Gasteiger partial charge is 0.417 e. The number of nitrogens with one attached hydrogen (secondary N) is 1. The quantitative estimate of drug-likeness (QED) is 0.847. The molecule has 0 spiro atoms. The van der Waals surface area contributed by atoms with E-state index >= 15 is 0 Å². The molecule has 2 rings (SSSR count). The molecule has 0 amide bonds. The number of hydrogen-bond acceptors (Lipinski definition) is 3. The number of aromatic amines is 1. The van der Waals surface area contributed by atoms with Gasteiger partial charge >= 0.3 is 6.18 Å². The lowest BCUT2D eigenvalue weighted by Gasteiger charge is -2.08. The Morgan fingerprint density at radius 3 is 2.75 bits per heavy atom. The molecule has 5 nitrogen and oxygen atoms in total. The van der Waals surface area contributed by atoms with Crippen molar-refractivity contribution in [1.29, 1.82) is 0 Å². The van der Waals surface area contributed by atoms with Gasteiger partial charge in [-0.2, -0.15) is 18.3 Å². The van der Waals surface area contributed by atoms with E-state index in [1.807, 2.05) is 0 Å². The van der Waals surface area contributed by atoms with Crippen molar-refractivity contribution in [3.63, 3.8) is 0 Å². The summed E-state index contributed by atoms with van der Waals surface area (Å²) in [5.74, 6) is 0. The molecule has 20 heavy (non-hydrogen) atoms. The summed E-state index contributed by atoms with van der Waals surface area (Å²) in [5.41, 5.74) is 3.75. The molecule has 0 saturated heterocycles. The third-order valence-corrected chi connectivity index (χ3v) is 2.99. The average Bonchev–Trinajstić information content (AvgIpc) is 2.61. The first-order valence-electron chi connectivity index (χ1n) is 5.66. The number of alkyl halides is 3. The van der Waals surface area contributed by atoms with Crippen molar-refractivity contribution in [3.05, 3.63) is 27.7 Å². The van der Waals surface area contributed by atoms with Crippen molar-refractivity contribution in [3.8, 4) is 0 Å². The third kappa shape index (κ3) is 2.67. The molecule has 0 fully saturated rings. The minimum Gasteiger partial charge on any atom is -0.393 e. The van der Waals surface area contributed by atoms with Crippen molar-refractivity contribution < 1.29 is 13.2 Å². The predicted octanol–water partition coefficient (Wildman–Crippen LogP) is 1.73. The maximum atomic E-state index is 13.0. The molecule has 0 unspecified atom stereocenters. The molecule has 0 aromatic carbocycles. The summed E-state index contributed by atoms with van der Waals surface area (Å²) >= 11 is 4.72. The summed E-state index contributed by atoms with van der Waals surface area (Å²) in [6, 6.07) is 0.537. The summed E-state index contributed by atoms with van der Waals surface area (Å²) in [5, 5.41) is 3.90. The number of rotatable bonds is 3. The number of nitrogens with zero attached hydrogens (tertiary/aromatic N) is 2. The Hall–Kier alpha value is -1.90. The first-order valence-corrected chi connectivity index (χ1v) is 6.07. The third-order valence-electron chi connectivity index (χ3n) is 2.79. The van der Waals surface area contributed by atoms with E-state index in [0.29, 0.717) is 6.07 Å². The molecule has 2 heterocycles. The lowest BCUT2D eigenvalue weighted by atomic mass is 10.1. The van der Waals surface area contributed by atoms with Gasteiger partial charge in [0.05, 0.1) is 21.6 Å². The van der Waals surface area contributed by atoms with Gasteiger partial charge in [-0.1, -0.05) is 12.2 Å². The van der Waals surface area contributed by atoms with Crippen LogP contribution in [0, 0.1) is 6.92 Å². The van der Waals surface area contributed by atoms with Gasteiger partial charge in [-0.25, -0.2) is 4.68 Å². The fourth-order valence-electron chi connectivity index (χ4n) is 1.99. The van der Waals surface area contributed by atoms with E-state index in [4.69, 9.17) is 18.0 Å². The number of halogens is 3. The molecule has 2 aromatic rings. The maximum Gasteiger partial charge on any atom is 0.417 e. The number of nitrogens with two attached hydrogens (primary N) is 1. The van der Waals surface area contributed by atoms with Crippen LogP contribution in [0.25, 0.3) is 11.0 Å². The Morgan fingerprint density at radius 1 is 1.55 bits per heavy atom. The van der Waals surface area contributed by atoms with Crippen molar-refractivity contribution in [2.75, 3.05) is 0 Å². The van der Waals surface area contributed by atoms with Gasteiger partial charge in [-0.3, -0.25) is 4.79 Å². The summed E-state index contributed by atoms with van der Waals surface area (Å²) in [6.45, 7) is 1.66. The molecular weight excluding hydrogens is 293 g/mol. The normalized spacial score (nSPS) is 12.0. The monoisotopic (exact) mass is 304 g/mol. The molecular formula is C11H11F3N4OS. The van der Waals surface area contributed by atoms with Crippen LogP contribution in [0.15, 0.2) is 10.9 Å². The highest BCUT2D eigenvalue weighted by atomic mass is 32.1. The summed E-state index contributed by atoms with van der Waals surface area (Å²) in [7, 11) is 0. The minimum atomic E-state index is -4.62. The van der Waals surface area contributed by atoms with Gasteiger partial charge in [-0.05, 0) is 6.92 Å². The van der Waals surface area contributed by atoms with Crippen LogP contribution >= 0.6 is 12.2 Å². The number of H-pyrrole nitrogens is 1. The Bertz CT molecular complexity index is 732. The number of aryl methyl sites for hydroxylation is 2. The fraction of sp³-hybridized carbons (Fsp3) is 0.364. The van der Waals surface area contributed by atoms with Gasteiger partial charge in [0, 0.05) is 19.0 Å². The second-order valence-electron chi connectivity index (χ2n) is 4.29. The van der Waals surface area contributed by atoms with Crippen molar-refractivity contribution >= 4 is 28.2 Å². The molecule has 0 radical (unpaired) electrons. The van der Waals surface area contributed by atoms with E-state index in [0.717, 1.165) is 0 Å². The Labute approximate surface area is 116 Å². The minimum absolute atomic E-state index is 0.0265.